The van der Waals surface area contributed by atoms with Crippen LogP contribution in [0.5, 0.6) is 0 Å². The molecule has 2 atom stereocenters. The molecule has 0 aromatic heterocycles. The van der Waals surface area contributed by atoms with Crippen LogP contribution in [-0.4, -0.2) is 18.8 Å². The molecule has 0 radical (unpaired) electrons. The van der Waals surface area contributed by atoms with Crippen LogP contribution >= 0.6 is 0 Å². The number of rotatable bonds is 0. The number of hydrogen-bond acceptors (Lipinski definition) is 2. The molecular weight excluding hydrogens is 90.1 g/mol. The van der Waals surface area contributed by atoms with Crippen LogP contribution in [0.15, 0.2) is 0 Å². The van der Waals surface area contributed by atoms with Gasteiger partial charge in [0.2, 0.25) is 0 Å². The molecule has 2 rings (SSSR count). The first-order valence-corrected chi connectivity index (χ1v) is 2.68. The van der Waals surface area contributed by atoms with Crippen LogP contribution in [0.1, 0.15) is 6.42 Å². The SMILES string of the molecule is NC12COCC1C2. The summed E-state index contributed by atoms with van der Waals surface area (Å²) in [4.78, 5) is 0. The predicted molar refractivity (Wildman–Crippen MR) is 25.8 cm³/mol. The number of ether oxygens (including phenoxy) is 1. The van der Waals surface area contributed by atoms with E-state index in [1.165, 1.54) is 6.42 Å². The van der Waals surface area contributed by atoms with Gasteiger partial charge in [-0.2, -0.15) is 0 Å². The van der Waals surface area contributed by atoms with Gasteiger partial charge in [-0.15, -0.1) is 0 Å². The molecule has 2 unspecified atom stereocenters. The Kier molecular flexibility index (Phi) is 0.474. The third-order valence-electron chi connectivity index (χ3n) is 1.97. The molecule has 0 spiro atoms. The Morgan fingerprint density at radius 3 is 2.71 bits per heavy atom. The maximum absolute atomic E-state index is 5.73. The fourth-order valence-electron chi connectivity index (χ4n) is 1.19. The molecular formula is C5H9NO. The van der Waals surface area contributed by atoms with E-state index in [9.17, 15) is 0 Å². The van der Waals surface area contributed by atoms with Crippen LogP contribution in [0.4, 0.5) is 0 Å². The average molecular weight is 99.1 g/mol. The van der Waals surface area contributed by atoms with Gasteiger partial charge >= 0.3 is 0 Å². The zero-order chi connectivity index (χ0) is 4.91. The highest BCUT2D eigenvalue weighted by molar-refractivity contribution is 5.11. The van der Waals surface area contributed by atoms with Crippen LogP contribution < -0.4 is 5.73 Å². The minimum absolute atomic E-state index is 0.139. The van der Waals surface area contributed by atoms with E-state index < -0.39 is 0 Å². The van der Waals surface area contributed by atoms with E-state index in [2.05, 4.69) is 0 Å². The Balaban J connectivity index is 2.17. The van der Waals surface area contributed by atoms with Crippen LogP contribution in [-0.2, 0) is 4.74 Å². The van der Waals surface area contributed by atoms with Crippen molar-refractivity contribution in [2.45, 2.75) is 12.0 Å². The van der Waals surface area contributed by atoms with Crippen molar-refractivity contribution in [2.24, 2.45) is 11.7 Å². The summed E-state index contributed by atoms with van der Waals surface area (Å²) < 4.78 is 5.08. The van der Waals surface area contributed by atoms with Crippen molar-refractivity contribution >= 4 is 0 Å². The molecule has 1 aliphatic heterocycles. The topological polar surface area (TPSA) is 35.2 Å². The van der Waals surface area contributed by atoms with E-state index in [1.807, 2.05) is 0 Å². The van der Waals surface area contributed by atoms with Crippen molar-refractivity contribution in [1.82, 2.24) is 0 Å². The van der Waals surface area contributed by atoms with Gasteiger partial charge in [-0.3, -0.25) is 0 Å². The summed E-state index contributed by atoms with van der Waals surface area (Å²) in [5, 5.41) is 0. The molecule has 0 bridgehead atoms. The van der Waals surface area contributed by atoms with E-state index in [-0.39, 0.29) is 5.54 Å². The molecule has 2 aliphatic rings. The fraction of sp³-hybridized carbons (Fsp3) is 1.00. The van der Waals surface area contributed by atoms with Gasteiger partial charge in [0.1, 0.15) is 0 Å². The van der Waals surface area contributed by atoms with Gasteiger partial charge in [-0.1, -0.05) is 0 Å². The highest BCUT2D eigenvalue weighted by Gasteiger charge is 2.55. The summed E-state index contributed by atoms with van der Waals surface area (Å²) in [5.41, 5.74) is 5.87. The Bertz CT molecular complexity index is 102. The molecule has 2 fully saturated rings. The smallest absolute Gasteiger partial charge is 0.0650 e. The monoisotopic (exact) mass is 99.1 g/mol. The summed E-state index contributed by atoms with van der Waals surface area (Å²) >= 11 is 0. The van der Waals surface area contributed by atoms with E-state index in [0.717, 1.165) is 13.2 Å². The van der Waals surface area contributed by atoms with Gasteiger partial charge in [0.15, 0.2) is 0 Å². The van der Waals surface area contributed by atoms with Gasteiger partial charge in [0.05, 0.1) is 13.2 Å². The standard InChI is InChI=1S/C5H9NO/c6-5-1-4(5)2-7-3-5/h4H,1-3,6H2. The van der Waals surface area contributed by atoms with Crippen LogP contribution in [0.2, 0.25) is 0 Å². The molecule has 2 nitrogen and oxygen atoms in total. The van der Waals surface area contributed by atoms with Gasteiger partial charge < -0.3 is 10.5 Å². The highest BCUT2D eigenvalue weighted by Crippen LogP contribution is 2.45. The minimum Gasteiger partial charge on any atom is -0.379 e. The second-order valence-electron chi connectivity index (χ2n) is 2.65. The summed E-state index contributed by atoms with van der Waals surface area (Å²) in [6.45, 7) is 1.72. The zero-order valence-corrected chi connectivity index (χ0v) is 4.18. The lowest BCUT2D eigenvalue weighted by molar-refractivity contribution is 0.161. The summed E-state index contributed by atoms with van der Waals surface area (Å²) in [5.74, 6) is 0.715. The van der Waals surface area contributed by atoms with E-state index in [4.69, 9.17) is 10.5 Å². The predicted octanol–water partition coefficient (Wildman–Crippen LogP) is -0.266. The molecule has 0 aromatic carbocycles. The summed E-state index contributed by atoms with van der Waals surface area (Å²) in [6.07, 6.45) is 1.20. The first-order valence-electron chi connectivity index (χ1n) is 2.68. The Hall–Kier alpha value is -0.0800. The van der Waals surface area contributed by atoms with E-state index in [0.29, 0.717) is 5.92 Å². The molecule has 1 aliphatic carbocycles. The minimum atomic E-state index is 0.139. The average Bonchev–Trinajstić information content (AvgIpc) is 2.09. The Labute approximate surface area is 42.6 Å². The Morgan fingerprint density at radius 2 is 2.57 bits per heavy atom. The molecule has 2 N–H and O–H groups in total. The van der Waals surface area contributed by atoms with Crippen molar-refractivity contribution in [3.63, 3.8) is 0 Å². The maximum atomic E-state index is 5.73. The van der Waals surface area contributed by atoms with E-state index >= 15 is 0 Å². The number of nitrogens with two attached hydrogens (primary N) is 1. The van der Waals surface area contributed by atoms with E-state index in [1.54, 1.807) is 0 Å². The van der Waals surface area contributed by atoms with Crippen LogP contribution in [0.3, 0.4) is 0 Å². The van der Waals surface area contributed by atoms with Gasteiger partial charge in [0.25, 0.3) is 0 Å². The molecule has 0 amide bonds. The quantitative estimate of drug-likeness (QED) is 0.454. The molecule has 1 saturated carbocycles. The van der Waals surface area contributed by atoms with Crippen molar-refractivity contribution in [3.05, 3.63) is 0 Å². The molecule has 7 heavy (non-hydrogen) atoms. The lowest BCUT2D eigenvalue weighted by Gasteiger charge is -1.97. The second kappa shape index (κ2) is 0.858. The zero-order valence-electron chi connectivity index (χ0n) is 4.18. The number of hydrogen-bond donors (Lipinski definition) is 1. The van der Waals surface area contributed by atoms with Crippen molar-refractivity contribution in [1.29, 1.82) is 0 Å². The van der Waals surface area contributed by atoms with Crippen molar-refractivity contribution < 1.29 is 4.74 Å². The van der Waals surface area contributed by atoms with Crippen LogP contribution in [0.25, 0.3) is 0 Å². The summed E-state index contributed by atoms with van der Waals surface area (Å²) in [6, 6.07) is 0. The molecule has 0 aromatic rings. The maximum Gasteiger partial charge on any atom is 0.0650 e. The van der Waals surface area contributed by atoms with Gasteiger partial charge in [-0.05, 0) is 6.42 Å². The van der Waals surface area contributed by atoms with Crippen LogP contribution in [0, 0.1) is 5.92 Å². The lowest BCUT2D eigenvalue weighted by atomic mass is 10.3. The van der Waals surface area contributed by atoms with Crippen molar-refractivity contribution in [2.75, 3.05) is 13.2 Å². The second-order valence-corrected chi connectivity index (χ2v) is 2.65. The Morgan fingerprint density at radius 1 is 1.71 bits per heavy atom. The fourth-order valence-corrected chi connectivity index (χ4v) is 1.19. The summed E-state index contributed by atoms with van der Waals surface area (Å²) in [7, 11) is 0. The molecule has 2 heteroatoms. The third kappa shape index (κ3) is 0.359. The van der Waals surface area contributed by atoms with Crippen molar-refractivity contribution in [3.8, 4) is 0 Å². The number of fused-ring (bicyclic) bond motifs is 1. The first kappa shape index (κ1) is 3.87. The van der Waals surface area contributed by atoms with Gasteiger partial charge in [0, 0.05) is 11.5 Å². The lowest BCUT2D eigenvalue weighted by Crippen LogP contribution is -2.25. The highest BCUT2D eigenvalue weighted by atomic mass is 16.5. The molecule has 1 heterocycles. The third-order valence-corrected chi connectivity index (χ3v) is 1.97. The molecule has 1 saturated heterocycles. The first-order chi connectivity index (χ1) is 3.31. The normalized spacial score (nSPS) is 57.0. The largest absolute Gasteiger partial charge is 0.379 e. The molecule has 40 valence electrons. The van der Waals surface area contributed by atoms with Gasteiger partial charge in [-0.25, -0.2) is 0 Å².